The van der Waals surface area contributed by atoms with E-state index >= 15 is 0 Å². The maximum atomic E-state index is 13.0. The number of hydrogen-bond acceptors (Lipinski definition) is 2. The van der Waals surface area contributed by atoms with Crippen LogP contribution in [0.5, 0.6) is 0 Å². The zero-order valence-electron chi connectivity index (χ0n) is 10.7. The Bertz CT molecular complexity index is 344. The second-order valence-electron chi connectivity index (χ2n) is 4.76. The smallest absolute Gasteiger partial charge is 0.123 e. The van der Waals surface area contributed by atoms with Crippen molar-refractivity contribution < 1.29 is 4.39 Å². The molecule has 0 fully saturated rings. The molecule has 0 aliphatic heterocycles. The summed E-state index contributed by atoms with van der Waals surface area (Å²) in [4.78, 5) is 0. The molecular formula is C13H22ClFN2. The minimum Gasteiger partial charge on any atom is -0.329 e. The van der Waals surface area contributed by atoms with Crippen LogP contribution >= 0.6 is 12.4 Å². The lowest BCUT2D eigenvalue weighted by molar-refractivity contribution is 0.267. The standard InChI is InChI=1S/C13H21FN2.ClH/c1-10(2)13(3,9-15)16-8-11-5-4-6-12(14)7-11;/h4-7,10,16H,8-9,15H2,1-3H3;1H. The van der Waals surface area contributed by atoms with Crippen LogP contribution in [-0.4, -0.2) is 12.1 Å². The van der Waals surface area contributed by atoms with Crippen molar-refractivity contribution in [3.63, 3.8) is 0 Å². The first kappa shape index (κ1) is 16.4. The first-order valence-corrected chi connectivity index (χ1v) is 5.67. The van der Waals surface area contributed by atoms with Gasteiger partial charge in [-0.25, -0.2) is 4.39 Å². The van der Waals surface area contributed by atoms with E-state index in [9.17, 15) is 4.39 Å². The van der Waals surface area contributed by atoms with E-state index in [1.807, 2.05) is 6.07 Å². The molecule has 98 valence electrons. The molecule has 0 spiro atoms. The van der Waals surface area contributed by atoms with Gasteiger partial charge in [-0.1, -0.05) is 26.0 Å². The lowest BCUT2D eigenvalue weighted by Crippen LogP contribution is -2.52. The summed E-state index contributed by atoms with van der Waals surface area (Å²) in [5.74, 6) is 0.240. The van der Waals surface area contributed by atoms with Crippen molar-refractivity contribution in [2.45, 2.75) is 32.9 Å². The average molecular weight is 261 g/mol. The molecule has 2 nitrogen and oxygen atoms in total. The van der Waals surface area contributed by atoms with Crippen molar-refractivity contribution in [2.24, 2.45) is 11.7 Å². The van der Waals surface area contributed by atoms with Gasteiger partial charge in [0, 0.05) is 18.6 Å². The Hall–Kier alpha value is -0.640. The third-order valence-electron chi connectivity index (χ3n) is 3.28. The molecule has 1 unspecified atom stereocenters. The molecule has 0 saturated carbocycles. The summed E-state index contributed by atoms with van der Waals surface area (Å²) < 4.78 is 13.0. The Morgan fingerprint density at radius 1 is 1.41 bits per heavy atom. The van der Waals surface area contributed by atoms with Crippen LogP contribution in [0.15, 0.2) is 24.3 Å². The molecule has 1 atom stereocenters. The van der Waals surface area contributed by atoms with Crippen LogP contribution in [0.4, 0.5) is 4.39 Å². The lowest BCUT2D eigenvalue weighted by Gasteiger charge is -2.33. The molecular weight excluding hydrogens is 239 g/mol. The summed E-state index contributed by atoms with van der Waals surface area (Å²) in [7, 11) is 0. The SMILES string of the molecule is CC(C)C(C)(CN)NCc1cccc(F)c1.Cl. The van der Waals surface area contributed by atoms with Gasteiger partial charge in [-0.15, -0.1) is 12.4 Å². The summed E-state index contributed by atoms with van der Waals surface area (Å²) in [5.41, 5.74) is 6.61. The largest absolute Gasteiger partial charge is 0.329 e. The van der Waals surface area contributed by atoms with Gasteiger partial charge in [0.2, 0.25) is 0 Å². The third-order valence-corrected chi connectivity index (χ3v) is 3.28. The molecule has 0 aliphatic carbocycles. The highest BCUT2D eigenvalue weighted by molar-refractivity contribution is 5.85. The maximum absolute atomic E-state index is 13.0. The summed E-state index contributed by atoms with van der Waals surface area (Å²) >= 11 is 0. The highest BCUT2D eigenvalue weighted by Gasteiger charge is 2.25. The van der Waals surface area contributed by atoms with Crippen molar-refractivity contribution in [3.05, 3.63) is 35.6 Å². The fraction of sp³-hybridized carbons (Fsp3) is 0.538. The highest BCUT2D eigenvalue weighted by atomic mass is 35.5. The predicted molar refractivity (Wildman–Crippen MR) is 72.8 cm³/mol. The zero-order chi connectivity index (χ0) is 12.2. The van der Waals surface area contributed by atoms with Gasteiger partial charge in [0.25, 0.3) is 0 Å². The quantitative estimate of drug-likeness (QED) is 0.854. The van der Waals surface area contributed by atoms with E-state index in [1.54, 1.807) is 12.1 Å². The molecule has 0 aromatic heterocycles. The number of nitrogens with one attached hydrogen (secondary N) is 1. The van der Waals surface area contributed by atoms with Crippen LogP contribution in [0.2, 0.25) is 0 Å². The summed E-state index contributed by atoms with van der Waals surface area (Å²) in [5, 5.41) is 3.40. The molecule has 1 aromatic carbocycles. The molecule has 0 bridgehead atoms. The highest BCUT2D eigenvalue weighted by Crippen LogP contribution is 2.15. The topological polar surface area (TPSA) is 38.0 Å². The second-order valence-corrected chi connectivity index (χ2v) is 4.76. The number of halogens is 2. The van der Waals surface area contributed by atoms with Gasteiger partial charge in [0.1, 0.15) is 5.82 Å². The Morgan fingerprint density at radius 2 is 2.06 bits per heavy atom. The first-order chi connectivity index (χ1) is 7.48. The lowest BCUT2D eigenvalue weighted by atomic mass is 9.88. The van der Waals surface area contributed by atoms with Crippen LogP contribution in [0.1, 0.15) is 26.3 Å². The van der Waals surface area contributed by atoms with Crippen LogP contribution in [0.25, 0.3) is 0 Å². The maximum Gasteiger partial charge on any atom is 0.123 e. The molecule has 17 heavy (non-hydrogen) atoms. The molecule has 1 aromatic rings. The van der Waals surface area contributed by atoms with E-state index in [0.717, 1.165) is 5.56 Å². The zero-order valence-corrected chi connectivity index (χ0v) is 11.5. The molecule has 4 heteroatoms. The number of hydrogen-bond donors (Lipinski definition) is 2. The first-order valence-electron chi connectivity index (χ1n) is 5.67. The van der Waals surface area contributed by atoms with E-state index in [0.29, 0.717) is 19.0 Å². The second kappa shape index (κ2) is 6.94. The minimum atomic E-state index is -0.196. The molecule has 1 rings (SSSR count). The van der Waals surface area contributed by atoms with Crippen molar-refractivity contribution in [1.82, 2.24) is 5.32 Å². The van der Waals surface area contributed by atoms with E-state index in [4.69, 9.17) is 5.73 Å². The number of nitrogens with two attached hydrogens (primary N) is 1. The van der Waals surface area contributed by atoms with E-state index < -0.39 is 0 Å². The number of rotatable bonds is 5. The molecule has 0 radical (unpaired) electrons. The van der Waals surface area contributed by atoms with Gasteiger partial charge in [0.15, 0.2) is 0 Å². The Kier molecular flexibility index (Phi) is 6.68. The van der Waals surface area contributed by atoms with Crippen molar-refractivity contribution in [3.8, 4) is 0 Å². The molecule has 0 heterocycles. The van der Waals surface area contributed by atoms with Crippen LogP contribution in [0.3, 0.4) is 0 Å². The van der Waals surface area contributed by atoms with Gasteiger partial charge >= 0.3 is 0 Å². The summed E-state index contributed by atoms with van der Waals surface area (Å²) in [6.45, 7) is 7.57. The minimum absolute atomic E-state index is 0. The van der Waals surface area contributed by atoms with Crippen LogP contribution in [0, 0.1) is 11.7 Å². The average Bonchev–Trinajstić information content (AvgIpc) is 2.26. The Balaban J connectivity index is 0.00000256. The van der Waals surface area contributed by atoms with Crippen molar-refractivity contribution in [2.75, 3.05) is 6.54 Å². The monoisotopic (exact) mass is 260 g/mol. The molecule has 0 saturated heterocycles. The fourth-order valence-electron chi connectivity index (χ4n) is 1.46. The normalized spacial score (nSPS) is 14.2. The Morgan fingerprint density at radius 3 is 2.53 bits per heavy atom. The van der Waals surface area contributed by atoms with E-state index in [2.05, 4.69) is 26.1 Å². The fourth-order valence-corrected chi connectivity index (χ4v) is 1.46. The van der Waals surface area contributed by atoms with E-state index in [1.165, 1.54) is 6.07 Å². The van der Waals surface area contributed by atoms with Gasteiger partial charge in [0.05, 0.1) is 0 Å². The van der Waals surface area contributed by atoms with Gasteiger partial charge in [-0.3, -0.25) is 0 Å². The summed E-state index contributed by atoms with van der Waals surface area (Å²) in [6.07, 6.45) is 0. The van der Waals surface area contributed by atoms with E-state index in [-0.39, 0.29) is 23.8 Å². The van der Waals surface area contributed by atoms with Crippen molar-refractivity contribution in [1.29, 1.82) is 0 Å². The molecule has 0 aliphatic rings. The van der Waals surface area contributed by atoms with Gasteiger partial charge < -0.3 is 11.1 Å². The Labute approximate surface area is 109 Å². The van der Waals surface area contributed by atoms with Crippen molar-refractivity contribution >= 4 is 12.4 Å². The third kappa shape index (κ3) is 4.62. The predicted octanol–water partition coefficient (Wildman–Crippen LogP) is 2.71. The van der Waals surface area contributed by atoms with Gasteiger partial charge in [-0.2, -0.15) is 0 Å². The van der Waals surface area contributed by atoms with Gasteiger partial charge in [-0.05, 0) is 30.5 Å². The molecule has 0 amide bonds. The van der Waals surface area contributed by atoms with Crippen LogP contribution in [-0.2, 0) is 6.54 Å². The van der Waals surface area contributed by atoms with Crippen LogP contribution < -0.4 is 11.1 Å². The summed E-state index contributed by atoms with van der Waals surface area (Å²) in [6, 6.07) is 6.63. The number of benzene rings is 1. The molecule has 3 N–H and O–H groups in total.